The van der Waals surface area contributed by atoms with Gasteiger partial charge in [-0.25, -0.2) is 17.6 Å². The Morgan fingerprint density at radius 1 is 1.18 bits per heavy atom. The highest BCUT2D eigenvalue weighted by atomic mass is 32.2. The first kappa shape index (κ1) is 29.1. The fourth-order valence-electron chi connectivity index (χ4n) is 5.41. The van der Waals surface area contributed by atoms with Crippen molar-refractivity contribution in [1.29, 1.82) is 0 Å². The van der Waals surface area contributed by atoms with Crippen molar-refractivity contribution in [2.75, 3.05) is 32.5 Å². The molecule has 1 N–H and O–H groups in total. The highest BCUT2D eigenvalue weighted by Crippen LogP contribution is 2.43. The Hall–Kier alpha value is -2.85. The first-order chi connectivity index (χ1) is 18.6. The Bertz CT molecular complexity index is 1310. The van der Waals surface area contributed by atoms with Gasteiger partial charge < -0.3 is 14.7 Å². The summed E-state index contributed by atoms with van der Waals surface area (Å²) in [5, 5.41) is 10.3. The molecular formula is C29H32F4N2O3S. The predicted molar refractivity (Wildman–Crippen MR) is 144 cm³/mol. The van der Waals surface area contributed by atoms with Crippen LogP contribution < -0.4 is 4.74 Å². The number of ether oxygens (including phenoxy) is 1. The third-order valence-electron chi connectivity index (χ3n) is 7.63. The minimum atomic E-state index is -1.48. The average Bonchev–Trinajstić information content (AvgIpc) is 2.90. The maximum absolute atomic E-state index is 15.8. The molecule has 1 aromatic heterocycles. The van der Waals surface area contributed by atoms with Gasteiger partial charge in [0, 0.05) is 28.8 Å². The molecule has 39 heavy (non-hydrogen) atoms. The van der Waals surface area contributed by atoms with Gasteiger partial charge in [0.2, 0.25) is 0 Å². The Balaban J connectivity index is 1.38. The summed E-state index contributed by atoms with van der Waals surface area (Å²) in [4.78, 5) is 18.6. The third-order valence-corrected chi connectivity index (χ3v) is 8.59. The van der Waals surface area contributed by atoms with E-state index < -0.39 is 35.0 Å². The van der Waals surface area contributed by atoms with Crippen LogP contribution in [-0.4, -0.2) is 53.5 Å². The van der Waals surface area contributed by atoms with Crippen molar-refractivity contribution in [3.8, 4) is 5.75 Å². The van der Waals surface area contributed by atoms with Gasteiger partial charge in [0.25, 0.3) is 0 Å². The molecule has 0 unspecified atom stereocenters. The summed E-state index contributed by atoms with van der Waals surface area (Å²) in [6.45, 7) is 3.74. The van der Waals surface area contributed by atoms with Crippen molar-refractivity contribution in [1.82, 2.24) is 9.88 Å². The van der Waals surface area contributed by atoms with Gasteiger partial charge >= 0.3 is 5.97 Å². The van der Waals surface area contributed by atoms with E-state index >= 15 is 4.39 Å². The van der Waals surface area contributed by atoms with Crippen LogP contribution in [0.2, 0.25) is 0 Å². The van der Waals surface area contributed by atoms with Gasteiger partial charge in [-0.1, -0.05) is 0 Å². The van der Waals surface area contributed by atoms with Crippen LogP contribution in [0.25, 0.3) is 10.9 Å². The van der Waals surface area contributed by atoms with Gasteiger partial charge in [0.15, 0.2) is 17.5 Å². The maximum Gasteiger partial charge on any atom is 0.303 e. The average molecular weight is 565 g/mol. The summed E-state index contributed by atoms with van der Waals surface area (Å²) in [5.74, 6) is -3.65. The Labute approximate surface area is 229 Å². The number of thioether (sulfide) groups is 1. The third kappa shape index (κ3) is 7.03. The van der Waals surface area contributed by atoms with Crippen LogP contribution in [0.3, 0.4) is 0 Å². The molecule has 4 rings (SSSR count). The Morgan fingerprint density at radius 3 is 2.51 bits per heavy atom. The molecule has 3 aromatic rings. The molecule has 0 spiro atoms. The summed E-state index contributed by atoms with van der Waals surface area (Å²) in [6.07, 6.45) is 2.21. The molecule has 0 saturated carbocycles. The number of methoxy groups -OCH3 is 1. The van der Waals surface area contributed by atoms with E-state index in [0.717, 1.165) is 17.7 Å². The minimum Gasteiger partial charge on any atom is -0.497 e. The number of halogens is 4. The van der Waals surface area contributed by atoms with Crippen LogP contribution in [0.15, 0.2) is 41.4 Å². The zero-order valence-electron chi connectivity index (χ0n) is 22.0. The summed E-state index contributed by atoms with van der Waals surface area (Å²) in [5.41, 5.74) is 1.46. The Kier molecular flexibility index (Phi) is 9.38. The van der Waals surface area contributed by atoms with E-state index in [1.807, 2.05) is 6.92 Å². The van der Waals surface area contributed by atoms with E-state index in [1.165, 1.54) is 11.8 Å². The highest BCUT2D eigenvalue weighted by Gasteiger charge is 2.37. The molecule has 0 amide bonds. The number of fused-ring (bicyclic) bond motifs is 1. The van der Waals surface area contributed by atoms with Crippen molar-refractivity contribution in [3.63, 3.8) is 0 Å². The zero-order chi connectivity index (χ0) is 28.2. The normalized spacial score (nSPS) is 16.4. The number of rotatable bonds is 11. The number of aliphatic carboxylic acids is 1. The SMILES string of the molecule is COc1ccc2ncc(C)c([C@@H](F)CCC3(CC(=O)O)CCN(CCSc4cc(F)c(F)c(F)c4)CC3)c2c1. The van der Waals surface area contributed by atoms with Crippen LogP contribution in [0.4, 0.5) is 17.6 Å². The second-order valence-corrected chi connectivity index (χ2v) is 11.4. The van der Waals surface area contributed by atoms with Crippen molar-refractivity contribution < 1.29 is 32.2 Å². The van der Waals surface area contributed by atoms with Crippen molar-refractivity contribution in [3.05, 3.63) is 65.1 Å². The number of aromatic nitrogens is 1. The molecule has 2 aromatic carbocycles. The summed E-state index contributed by atoms with van der Waals surface area (Å²) < 4.78 is 61.2. The van der Waals surface area contributed by atoms with Gasteiger partial charge in [-0.2, -0.15) is 0 Å². The summed E-state index contributed by atoms with van der Waals surface area (Å²) >= 11 is 1.23. The van der Waals surface area contributed by atoms with E-state index in [9.17, 15) is 23.1 Å². The zero-order valence-corrected chi connectivity index (χ0v) is 22.8. The van der Waals surface area contributed by atoms with Gasteiger partial charge in [-0.3, -0.25) is 9.78 Å². The molecule has 1 atom stereocenters. The smallest absolute Gasteiger partial charge is 0.303 e. The molecule has 1 aliphatic rings. The number of likely N-dealkylation sites (tertiary alicyclic amines) is 1. The van der Waals surface area contributed by atoms with Crippen LogP contribution >= 0.6 is 11.8 Å². The number of alkyl halides is 1. The number of aryl methyl sites for hydroxylation is 1. The number of carboxylic acids is 1. The fourth-order valence-corrected chi connectivity index (χ4v) is 6.37. The van der Waals surface area contributed by atoms with Crippen LogP contribution in [0, 0.1) is 29.8 Å². The molecule has 0 bridgehead atoms. The first-order valence-corrected chi connectivity index (χ1v) is 13.9. The molecule has 1 fully saturated rings. The largest absolute Gasteiger partial charge is 0.497 e. The van der Waals surface area contributed by atoms with E-state index in [2.05, 4.69) is 9.88 Å². The lowest BCUT2D eigenvalue weighted by Gasteiger charge is -2.41. The van der Waals surface area contributed by atoms with Crippen molar-refractivity contribution in [2.45, 2.75) is 50.1 Å². The van der Waals surface area contributed by atoms with Gasteiger partial charge in [0.1, 0.15) is 11.9 Å². The summed E-state index contributed by atoms with van der Waals surface area (Å²) in [6, 6.07) is 7.33. The predicted octanol–water partition coefficient (Wildman–Crippen LogP) is 7.11. The molecule has 0 radical (unpaired) electrons. The molecule has 5 nitrogen and oxygen atoms in total. The Morgan fingerprint density at radius 2 is 1.87 bits per heavy atom. The molecule has 1 aliphatic heterocycles. The lowest BCUT2D eigenvalue weighted by Crippen LogP contribution is -2.42. The van der Waals surface area contributed by atoms with E-state index in [4.69, 9.17) is 4.74 Å². The second-order valence-electron chi connectivity index (χ2n) is 10.2. The van der Waals surface area contributed by atoms with Crippen LogP contribution in [0.1, 0.15) is 49.4 Å². The molecular weight excluding hydrogens is 532 g/mol. The number of nitrogens with zero attached hydrogens (tertiary/aromatic N) is 2. The summed E-state index contributed by atoms with van der Waals surface area (Å²) in [7, 11) is 1.56. The standard InChI is InChI=1S/C29H32F4N2O3S/c1-18-17-34-25-4-3-19(38-2)13-21(25)27(18)22(30)5-6-29(16-26(36)37)7-9-35(10-8-29)11-12-39-20-14-23(31)28(33)24(32)15-20/h3-4,13-15,17,22H,5-12,16H2,1-2H3,(H,36,37)/t22-/m0/s1. The fraction of sp³-hybridized carbons (Fsp3) is 0.448. The number of hydrogen-bond donors (Lipinski definition) is 1. The van der Waals surface area contributed by atoms with Gasteiger partial charge in [0.05, 0.1) is 19.0 Å². The molecule has 1 saturated heterocycles. The maximum atomic E-state index is 15.8. The molecule has 10 heteroatoms. The van der Waals surface area contributed by atoms with E-state index in [0.29, 0.717) is 71.8 Å². The van der Waals surface area contributed by atoms with Crippen LogP contribution in [0.5, 0.6) is 5.75 Å². The number of carboxylic acid groups (broad SMARTS) is 1. The van der Waals surface area contributed by atoms with E-state index in [-0.39, 0.29) is 12.8 Å². The molecule has 0 aliphatic carbocycles. The second kappa shape index (κ2) is 12.6. The lowest BCUT2D eigenvalue weighted by molar-refractivity contribution is -0.141. The number of piperidine rings is 1. The quantitative estimate of drug-likeness (QED) is 0.152. The number of hydrogen-bond acceptors (Lipinski definition) is 5. The number of benzene rings is 2. The van der Waals surface area contributed by atoms with Crippen molar-refractivity contribution in [2.24, 2.45) is 5.41 Å². The number of pyridine rings is 1. The van der Waals surface area contributed by atoms with Crippen molar-refractivity contribution >= 4 is 28.6 Å². The van der Waals surface area contributed by atoms with Gasteiger partial charge in [-0.05, 0) is 92.6 Å². The molecule has 210 valence electrons. The monoisotopic (exact) mass is 564 g/mol. The molecule has 2 heterocycles. The first-order valence-electron chi connectivity index (χ1n) is 12.9. The van der Waals surface area contributed by atoms with Gasteiger partial charge in [-0.15, -0.1) is 11.8 Å². The lowest BCUT2D eigenvalue weighted by atomic mass is 9.71. The van der Waals surface area contributed by atoms with Crippen LogP contribution in [-0.2, 0) is 4.79 Å². The minimum absolute atomic E-state index is 0.0274. The number of carbonyl (C=O) groups is 1. The topological polar surface area (TPSA) is 62.7 Å². The highest BCUT2D eigenvalue weighted by molar-refractivity contribution is 7.99. The van der Waals surface area contributed by atoms with E-state index in [1.54, 1.807) is 31.5 Å².